The van der Waals surface area contributed by atoms with Crippen molar-refractivity contribution in [2.24, 2.45) is 0 Å². The van der Waals surface area contributed by atoms with Crippen LogP contribution in [0.2, 0.25) is 0 Å². The summed E-state index contributed by atoms with van der Waals surface area (Å²) in [6.07, 6.45) is 0.0183. The van der Waals surface area contributed by atoms with Crippen molar-refractivity contribution in [1.82, 2.24) is 0 Å². The van der Waals surface area contributed by atoms with E-state index in [1.807, 2.05) is 13.0 Å². The van der Waals surface area contributed by atoms with Crippen molar-refractivity contribution in [3.63, 3.8) is 0 Å². The van der Waals surface area contributed by atoms with Crippen molar-refractivity contribution in [2.45, 2.75) is 19.8 Å². The molecule has 2 aromatic rings. The smallest absolute Gasteiger partial charge is 0.306 e. The van der Waals surface area contributed by atoms with Gasteiger partial charge in [0.15, 0.2) is 12.4 Å². The molecule has 1 heterocycles. The predicted molar refractivity (Wildman–Crippen MR) is 95.2 cm³/mol. The van der Waals surface area contributed by atoms with Crippen LogP contribution in [-0.4, -0.2) is 31.4 Å². The minimum Gasteiger partial charge on any atom is -0.497 e. The number of carbonyl (C=O) groups is 3. The Balaban J connectivity index is 1.70. The molecule has 0 saturated carbocycles. The summed E-state index contributed by atoms with van der Waals surface area (Å²) in [6.45, 7) is 1.52. The number of carbonyl (C=O) groups excluding carboxylic acids is 3. The fourth-order valence-corrected chi connectivity index (χ4v) is 2.85. The number of benzene rings is 1. The summed E-state index contributed by atoms with van der Waals surface area (Å²) in [6, 6.07) is 10.4. The molecule has 0 atom stereocenters. The number of methoxy groups -OCH3 is 1. The molecule has 132 valence electrons. The molecule has 1 aromatic heterocycles. The Hall–Kier alpha value is -2.67. The van der Waals surface area contributed by atoms with Crippen molar-refractivity contribution < 1.29 is 23.9 Å². The quantitative estimate of drug-likeness (QED) is 0.577. The minimum atomic E-state index is -0.577. The zero-order valence-electron chi connectivity index (χ0n) is 14.0. The lowest BCUT2D eigenvalue weighted by atomic mass is 10.2. The SMILES string of the molecule is COc1ccc(NC(=O)COC(=O)CCC(=O)c2ccc(C)s2)cc1. The highest BCUT2D eigenvalue weighted by Gasteiger charge is 2.13. The van der Waals surface area contributed by atoms with Crippen LogP contribution in [0.15, 0.2) is 36.4 Å². The molecule has 1 aromatic carbocycles. The van der Waals surface area contributed by atoms with E-state index in [0.29, 0.717) is 16.3 Å². The predicted octanol–water partition coefficient (Wildman–Crippen LogP) is 3.21. The number of ketones is 1. The summed E-state index contributed by atoms with van der Waals surface area (Å²) >= 11 is 1.39. The molecular weight excluding hydrogens is 342 g/mol. The number of anilines is 1. The van der Waals surface area contributed by atoms with E-state index in [1.54, 1.807) is 37.4 Å². The van der Waals surface area contributed by atoms with Crippen molar-refractivity contribution in [3.8, 4) is 5.75 Å². The van der Waals surface area contributed by atoms with Gasteiger partial charge >= 0.3 is 5.97 Å². The first-order valence-electron chi connectivity index (χ1n) is 7.67. The maximum Gasteiger partial charge on any atom is 0.306 e. The second-order valence-corrected chi connectivity index (χ2v) is 6.56. The van der Waals surface area contributed by atoms with Gasteiger partial charge in [0.25, 0.3) is 5.91 Å². The zero-order valence-corrected chi connectivity index (χ0v) is 14.9. The van der Waals surface area contributed by atoms with Gasteiger partial charge in [0, 0.05) is 17.0 Å². The number of esters is 1. The van der Waals surface area contributed by atoms with E-state index in [1.165, 1.54) is 11.3 Å². The molecule has 6 nitrogen and oxygen atoms in total. The van der Waals surface area contributed by atoms with E-state index in [2.05, 4.69) is 5.32 Å². The number of rotatable bonds is 8. The summed E-state index contributed by atoms with van der Waals surface area (Å²) in [5, 5.41) is 2.61. The van der Waals surface area contributed by atoms with Crippen molar-refractivity contribution in [3.05, 3.63) is 46.2 Å². The van der Waals surface area contributed by atoms with Gasteiger partial charge in [-0.25, -0.2) is 0 Å². The number of hydrogen-bond donors (Lipinski definition) is 1. The molecule has 0 bridgehead atoms. The van der Waals surface area contributed by atoms with E-state index in [-0.39, 0.29) is 18.6 Å². The molecule has 0 spiro atoms. The Labute approximate surface area is 149 Å². The van der Waals surface area contributed by atoms with Gasteiger partial charge in [-0.05, 0) is 43.3 Å². The lowest BCUT2D eigenvalue weighted by Crippen LogP contribution is -2.21. The molecule has 25 heavy (non-hydrogen) atoms. The monoisotopic (exact) mass is 361 g/mol. The summed E-state index contributed by atoms with van der Waals surface area (Å²) in [7, 11) is 1.55. The Morgan fingerprint density at radius 3 is 2.36 bits per heavy atom. The third-order valence-corrected chi connectivity index (χ3v) is 4.35. The summed E-state index contributed by atoms with van der Waals surface area (Å²) in [5.74, 6) is -0.446. The van der Waals surface area contributed by atoms with Gasteiger partial charge in [0.05, 0.1) is 18.4 Å². The van der Waals surface area contributed by atoms with Crippen LogP contribution in [0.1, 0.15) is 27.4 Å². The molecule has 0 aliphatic rings. The number of aryl methyl sites for hydroxylation is 1. The van der Waals surface area contributed by atoms with Crippen LogP contribution >= 0.6 is 11.3 Å². The fourth-order valence-electron chi connectivity index (χ4n) is 2.01. The van der Waals surface area contributed by atoms with Crippen LogP contribution in [0, 0.1) is 6.92 Å². The van der Waals surface area contributed by atoms with Gasteiger partial charge in [-0.3, -0.25) is 14.4 Å². The first kappa shape index (κ1) is 18.7. The van der Waals surface area contributed by atoms with E-state index < -0.39 is 18.5 Å². The Kier molecular flexibility index (Phi) is 6.71. The molecule has 0 fully saturated rings. The molecule has 0 radical (unpaired) electrons. The zero-order chi connectivity index (χ0) is 18.2. The van der Waals surface area contributed by atoms with E-state index >= 15 is 0 Å². The first-order valence-corrected chi connectivity index (χ1v) is 8.49. The molecule has 0 saturated heterocycles. The molecule has 1 amide bonds. The topological polar surface area (TPSA) is 81.7 Å². The van der Waals surface area contributed by atoms with Crippen molar-refractivity contribution in [2.75, 3.05) is 19.0 Å². The summed E-state index contributed by atoms with van der Waals surface area (Å²) in [5.41, 5.74) is 0.574. The van der Waals surface area contributed by atoms with Gasteiger partial charge in [0.1, 0.15) is 5.75 Å². The van der Waals surface area contributed by atoms with E-state index in [9.17, 15) is 14.4 Å². The number of thiophene rings is 1. The molecule has 0 unspecified atom stereocenters. The highest BCUT2D eigenvalue weighted by Crippen LogP contribution is 2.18. The van der Waals surface area contributed by atoms with Gasteiger partial charge in [-0.15, -0.1) is 11.3 Å². The second-order valence-electron chi connectivity index (χ2n) is 5.27. The average Bonchev–Trinajstić information content (AvgIpc) is 3.05. The fraction of sp³-hybridized carbons (Fsp3) is 0.278. The highest BCUT2D eigenvalue weighted by atomic mass is 32.1. The molecule has 7 heteroatoms. The highest BCUT2D eigenvalue weighted by molar-refractivity contribution is 7.14. The molecule has 0 aliphatic carbocycles. The van der Waals surface area contributed by atoms with Crippen molar-refractivity contribution >= 4 is 34.7 Å². The number of nitrogens with one attached hydrogen (secondary N) is 1. The van der Waals surface area contributed by atoms with Crippen molar-refractivity contribution in [1.29, 1.82) is 0 Å². The standard InChI is InChI=1S/C18H19NO5S/c1-12-3-9-16(25-12)15(20)8-10-18(22)24-11-17(21)19-13-4-6-14(23-2)7-5-13/h3-7,9H,8,10-11H2,1-2H3,(H,19,21). The summed E-state index contributed by atoms with van der Waals surface area (Å²) in [4.78, 5) is 37.0. The number of hydrogen-bond acceptors (Lipinski definition) is 6. The van der Waals surface area contributed by atoms with Gasteiger partial charge in [-0.2, -0.15) is 0 Å². The largest absolute Gasteiger partial charge is 0.497 e. The van der Waals surface area contributed by atoms with E-state index in [0.717, 1.165) is 4.88 Å². The first-order chi connectivity index (χ1) is 12.0. The maximum atomic E-state index is 11.9. The third-order valence-electron chi connectivity index (χ3n) is 3.31. The van der Waals surface area contributed by atoms with Gasteiger partial charge in [-0.1, -0.05) is 0 Å². The van der Waals surface area contributed by atoms with Gasteiger partial charge < -0.3 is 14.8 Å². The Bertz CT molecular complexity index is 751. The number of Topliss-reactive ketones (excluding diaryl/α,β-unsaturated/α-hetero) is 1. The number of ether oxygens (including phenoxy) is 2. The molecule has 2 rings (SSSR count). The van der Waals surface area contributed by atoms with Gasteiger partial charge in [0.2, 0.25) is 0 Å². The molecular formula is C18H19NO5S. The second kappa shape index (κ2) is 8.98. The third kappa shape index (κ3) is 6.04. The average molecular weight is 361 g/mol. The van der Waals surface area contributed by atoms with Crippen LogP contribution in [0.25, 0.3) is 0 Å². The van der Waals surface area contributed by atoms with E-state index in [4.69, 9.17) is 9.47 Å². The normalized spacial score (nSPS) is 10.2. The van der Waals surface area contributed by atoms with Crippen LogP contribution in [-0.2, 0) is 14.3 Å². The molecule has 1 N–H and O–H groups in total. The lowest BCUT2D eigenvalue weighted by molar-refractivity contribution is -0.147. The minimum absolute atomic E-state index is 0.0500. The Morgan fingerprint density at radius 1 is 1.04 bits per heavy atom. The van der Waals surface area contributed by atoms with Crippen LogP contribution in [0.4, 0.5) is 5.69 Å². The molecule has 0 aliphatic heterocycles. The van der Waals surface area contributed by atoms with Crippen LogP contribution in [0.5, 0.6) is 5.75 Å². The number of amides is 1. The van der Waals surface area contributed by atoms with Crippen LogP contribution in [0.3, 0.4) is 0 Å². The van der Waals surface area contributed by atoms with Crippen LogP contribution < -0.4 is 10.1 Å². The maximum absolute atomic E-state index is 11.9. The Morgan fingerprint density at radius 2 is 1.76 bits per heavy atom. The lowest BCUT2D eigenvalue weighted by Gasteiger charge is -2.07. The summed E-state index contributed by atoms with van der Waals surface area (Å²) < 4.78 is 9.91.